The largest absolute Gasteiger partial charge is 0.372 e. The first kappa shape index (κ1) is 13.3. The number of aryl methyl sites for hydroxylation is 1. The summed E-state index contributed by atoms with van der Waals surface area (Å²) in [5.41, 5.74) is 1.69. The summed E-state index contributed by atoms with van der Waals surface area (Å²) in [6.07, 6.45) is 7.56. The summed E-state index contributed by atoms with van der Waals surface area (Å²) in [5, 5.41) is 0. The highest BCUT2D eigenvalue weighted by atomic mass is 16.5. The Morgan fingerprint density at radius 2 is 2.40 bits per heavy atom. The molecule has 3 atom stereocenters. The maximum atomic E-state index is 12.6. The summed E-state index contributed by atoms with van der Waals surface area (Å²) < 4.78 is 5.85. The number of fused-ring (bicyclic) bond motifs is 2. The van der Waals surface area contributed by atoms with Crippen LogP contribution in [0.2, 0.25) is 0 Å². The molecule has 0 spiro atoms. The molecule has 1 aliphatic carbocycles. The third-order valence-electron chi connectivity index (χ3n) is 4.30. The van der Waals surface area contributed by atoms with Gasteiger partial charge in [-0.15, -0.1) is 6.58 Å². The van der Waals surface area contributed by atoms with E-state index in [1.165, 1.54) is 0 Å². The maximum Gasteiger partial charge on any atom is 0.255 e. The van der Waals surface area contributed by atoms with Crippen LogP contribution in [-0.4, -0.2) is 41.1 Å². The Morgan fingerprint density at radius 3 is 3.15 bits per heavy atom. The van der Waals surface area contributed by atoms with Gasteiger partial charge in [0, 0.05) is 24.9 Å². The molecule has 20 heavy (non-hydrogen) atoms. The number of carbonyl (C=O) groups excluding carboxylic acids is 1. The fourth-order valence-electron chi connectivity index (χ4n) is 3.44. The van der Waals surface area contributed by atoms with E-state index in [2.05, 4.69) is 11.6 Å². The van der Waals surface area contributed by atoms with Gasteiger partial charge in [-0.3, -0.25) is 9.78 Å². The van der Waals surface area contributed by atoms with E-state index >= 15 is 0 Å². The van der Waals surface area contributed by atoms with Gasteiger partial charge in [-0.25, -0.2) is 0 Å². The predicted molar refractivity (Wildman–Crippen MR) is 76.5 cm³/mol. The summed E-state index contributed by atoms with van der Waals surface area (Å²) in [5.74, 6) is 0.558. The molecule has 1 aromatic heterocycles. The van der Waals surface area contributed by atoms with E-state index in [1.807, 2.05) is 17.9 Å². The van der Waals surface area contributed by atoms with Crippen molar-refractivity contribution < 1.29 is 9.53 Å². The van der Waals surface area contributed by atoms with Gasteiger partial charge in [0.1, 0.15) is 0 Å². The highest BCUT2D eigenvalue weighted by Gasteiger charge is 2.49. The molecule has 1 amide bonds. The van der Waals surface area contributed by atoms with Gasteiger partial charge in [0.25, 0.3) is 5.91 Å². The third-order valence-corrected chi connectivity index (χ3v) is 4.30. The molecule has 0 unspecified atom stereocenters. The number of ether oxygens (including phenoxy) is 1. The zero-order chi connectivity index (χ0) is 14.1. The van der Waals surface area contributed by atoms with E-state index in [1.54, 1.807) is 18.5 Å². The van der Waals surface area contributed by atoms with Gasteiger partial charge in [-0.05, 0) is 31.4 Å². The molecular formula is C16H20N2O2. The van der Waals surface area contributed by atoms with Crippen LogP contribution in [0.5, 0.6) is 0 Å². The van der Waals surface area contributed by atoms with Crippen LogP contribution >= 0.6 is 0 Å². The lowest BCUT2D eigenvalue weighted by Crippen LogP contribution is -2.40. The number of hydrogen-bond acceptors (Lipinski definition) is 3. The van der Waals surface area contributed by atoms with Crippen molar-refractivity contribution in [3.8, 4) is 0 Å². The lowest BCUT2D eigenvalue weighted by atomic mass is 10.1. The van der Waals surface area contributed by atoms with Crippen molar-refractivity contribution in [2.75, 3.05) is 13.2 Å². The lowest BCUT2D eigenvalue weighted by Gasteiger charge is -2.27. The van der Waals surface area contributed by atoms with Crippen LogP contribution in [0.25, 0.3) is 0 Å². The predicted octanol–water partition coefficient (Wildman–Crippen LogP) is 2.20. The highest BCUT2D eigenvalue weighted by Crippen LogP contribution is 2.40. The fraction of sp³-hybridized carbons (Fsp3) is 0.500. The quantitative estimate of drug-likeness (QED) is 0.789. The summed E-state index contributed by atoms with van der Waals surface area (Å²) in [6, 6.07) is 2.12. The van der Waals surface area contributed by atoms with E-state index in [4.69, 9.17) is 4.74 Å². The molecule has 1 aromatic rings. The second-order valence-electron chi connectivity index (χ2n) is 5.70. The first-order chi connectivity index (χ1) is 9.70. The molecule has 2 fully saturated rings. The second kappa shape index (κ2) is 5.37. The van der Waals surface area contributed by atoms with Gasteiger partial charge >= 0.3 is 0 Å². The summed E-state index contributed by atoms with van der Waals surface area (Å²) in [7, 11) is 0. The van der Waals surface area contributed by atoms with Crippen molar-refractivity contribution in [1.29, 1.82) is 0 Å². The molecule has 1 saturated heterocycles. The van der Waals surface area contributed by atoms with E-state index in [0.29, 0.717) is 18.1 Å². The fourth-order valence-corrected chi connectivity index (χ4v) is 3.44. The molecular weight excluding hydrogens is 252 g/mol. The average Bonchev–Trinajstić information content (AvgIpc) is 3.01. The molecule has 1 saturated carbocycles. The summed E-state index contributed by atoms with van der Waals surface area (Å²) >= 11 is 0. The Morgan fingerprint density at radius 1 is 1.55 bits per heavy atom. The van der Waals surface area contributed by atoms with Crippen LogP contribution in [0.3, 0.4) is 0 Å². The molecule has 2 heterocycles. The number of likely N-dealkylation sites (tertiary alicyclic amines) is 1. The maximum absolute atomic E-state index is 12.6. The number of rotatable bonds is 4. The zero-order valence-electron chi connectivity index (χ0n) is 11.8. The molecule has 106 valence electrons. The van der Waals surface area contributed by atoms with E-state index in [9.17, 15) is 4.79 Å². The highest BCUT2D eigenvalue weighted by molar-refractivity contribution is 5.94. The molecule has 2 aliphatic rings. The van der Waals surface area contributed by atoms with E-state index in [0.717, 1.165) is 24.9 Å². The minimum atomic E-state index is 0.0839. The van der Waals surface area contributed by atoms with Crippen molar-refractivity contribution in [3.05, 3.63) is 42.2 Å². The van der Waals surface area contributed by atoms with Crippen molar-refractivity contribution in [3.63, 3.8) is 0 Å². The standard InChI is InChI=1S/C16H20N2O2/c1-3-6-20-15-12-4-5-14(15)18(10-12)16(19)13-7-11(2)8-17-9-13/h3,7-9,12,14-15H,1,4-6,10H2,2H3/t12-,14+,15-/m0/s1. The minimum Gasteiger partial charge on any atom is -0.372 e. The van der Waals surface area contributed by atoms with Gasteiger partial charge in [-0.2, -0.15) is 0 Å². The number of hydrogen-bond donors (Lipinski definition) is 0. The second-order valence-corrected chi connectivity index (χ2v) is 5.70. The zero-order valence-corrected chi connectivity index (χ0v) is 11.8. The Kier molecular flexibility index (Phi) is 3.57. The van der Waals surface area contributed by atoms with Crippen LogP contribution in [0, 0.1) is 12.8 Å². The van der Waals surface area contributed by atoms with Crippen LogP contribution in [0.1, 0.15) is 28.8 Å². The monoisotopic (exact) mass is 272 g/mol. The Bertz CT molecular complexity index is 529. The number of nitrogens with zero attached hydrogens (tertiary/aromatic N) is 2. The molecule has 4 heteroatoms. The van der Waals surface area contributed by atoms with E-state index < -0.39 is 0 Å². The number of amides is 1. The number of carbonyl (C=O) groups is 1. The number of piperidine rings is 1. The molecule has 3 rings (SSSR count). The van der Waals surface area contributed by atoms with Crippen molar-refractivity contribution >= 4 is 5.91 Å². The lowest BCUT2D eigenvalue weighted by molar-refractivity contribution is 0.0408. The molecule has 0 aromatic carbocycles. The van der Waals surface area contributed by atoms with Crippen LogP contribution < -0.4 is 0 Å². The van der Waals surface area contributed by atoms with E-state index in [-0.39, 0.29) is 18.1 Å². The van der Waals surface area contributed by atoms with Crippen LogP contribution in [0.15, 0.2) is 31.1 Å². The molecule has 1 aliphatic heterocycles. The molecule has 0 N–H and O–H groups in total. The Labute approximate surface area is 119 Å². The first-order valence-electron chi connectivity index (χ1n) is 7.16. The minimum absolute atomic E-state index is 0.0839. The SMILES string of the molecule is C=CCO[C@H]1[C@H]2CC[C@H]1N(C(=O)c1cncc(C)c1)C2. The summed E-state index contributed by atoms with van der Waals surface area (Å²) in [4.78, 5) is 18.7. The first-order valence-corrected chi connectivity index (χ1v) is 7.16. The summed E-state index contributed by atoms with van der Waals surface area (Å²) in [6.45, 7) is 7.01. The van der Waals surface area contributed by atoms with Gasteiger partial charge in [-0.1, -0.05) is 6.08 Å². The Balaban J connectivity index is 1.76. The normalized spacial score (nSPS) is 27.9. The molecule has 0 radical (unpaired) electrons. The average molecular weight is 272 g/mol. The molecule has 2 bridgehead atoms. The smallest absolute Gasteiger partial charge is 0.255 e. The van der Waals surface area contributed by atoms with Crippen LogP contribution in [0.4, 0.5) is 0 Å². The third kappa shape index (κ3) is 2.24. The van der Waals surface area contributed by atoms with Gasteiger partial charge in [0.05, 0.1) is 24.3 Å². The van der Waals surface area contributed by atoms with Crippen molar-refractivity contribution in [2.24, 2.45) is 5.92 Å². The molecule has 4 nitrogen and oxygen atoms in total. The number of pyridine rings is 1. The van der Waals surface area contributed by atoms with Gasteiger partial charge in [0.15, 0.2) is 0 Å². The van der Waals surface area contributed by atoms with Gasteiger partial charge in [0.2, 0.25) is 0 Å². The topological polar surface area (TPSA) is 42.4 Å². The van der Waals surface area contributed by atoms with Crippen molar-refractivity contribution in [2.45, 2.75) is 31.9 Å². The van der Waals surface area contributed by atoms with Gasteiger partial charge < -0.3 is 9.64 Å². The number of aromatic nitrogens is 1. The van der Waals surface area contributed by atoms with Crippen molar-refractivity contribution in [1.82, 2.24) is 9.88 Å². The van der Waals surface area contributed by atoms with Crippen LogP contribution in [-0.2, 0) is 4.74 Å². The Hall–Kier alpha value is -1.68.